The fourth-order valence-corrected chi connectivity index (χ4v) is 3.38. The summed E-state index contributed by atoms with van der Waals surface area (Å²) < 4.78 is 10.4. The molecule has 0 aromatic heterocycles. The zero-order valence-corrected chi connectivity index (χ0v) is 20.0. The minimum Gasteiger partial charge on any atom is -0.462 e. The first-order valence-electron chi connectivity index (χ1n) is 12.5. The largest absolute Gasteiger partial charge is 0.462 e. The van der Waals surface area contributed by atoms with Crippen LogP contribution >= 0.6 is 0 Å². The van der Waals surface area contributed by atoms with Crippen LogP contribution in [0.25, 0.3) is 0 Å². The lowest BCUT2D eigenvalue weighted by Crippen LogP contribution is -2.28. The normalized spacial score (nSPS) is 12.2. The fraction of sp³-hybridized carbons (Fsp3) is 0.920. The fourth-order valence-electron chi connectivity index (χ4n) is 3.38. The van der Waals surface area contributed by atoms with Crippen molar-refractivity contribution in [1.82, 2.24) is 0 Å². The molecule has 0 rings (SSSR count). The van der Waals surface area contributed by atoms with Crippen LogP contribution in [0, 0.1) is 5.92 Å². The van der Waals surface area contributed by atoms with E-state index in [2.05, 4.69) is 20.8 Å². The topological polar surface area (TPSA) is 72.8 Å². The number of ether oxygens (including phenoxy) is 2. The Labute approximate surface area is 185 Å². The average Bonchev–Trinajstić information content (AvgIpc) is 2.72. The molecule has 0 aliphatic heterocycles. The Morgan fingerprint density at radius 3 is 1.77 bits per heavy atom. The predicted molar refractivity (Wildman–Crippen MR) is 122 cm³/mol. The lowest BCUT2D eigenvalue weighted by Gasteiger charge is -2.15. The van der Waals surface area contributed by atoms with Gasteiger partial charge in [-0.15, -0.1) is 0 Å². The zero-order chi connectivity index (χ0) is 22.5. The van der Waals surface area contributed by atoms with E-state index in [4.69, 9.17) is 9.47 Å². The van der Waals surface area contributed by atoms with Gasteiger partial charge in [0.1, 0.15) is 6.61 Å². The molecule has 1 atom stereocenters. The molecule has 5 nitrogen and oxygen atoms in total. The van der Waals surface area contributed by atoms with E-state index < -0.39 is 6.10 Å². The maximum Gasteiger partial charge on any atom is 0.306 e. The van der Waals surface area contributed by atoms with Crippen LogP contribution in [0.5, 0.6) is 0 Å². The van der Waals surface area contributed by atoms with Crippen molar-refractivity contribution in [3.05, 3.63) is 0 Å². The number of carbonyl (C=O) groups is 2. The molecule has 0 bridgehead atoms. The Kier molecular flexibility index (Phi) is 20.4. The highest BCUT2D eigenvalue weighted by Gasteiger charge is 2.16. The van der Waals surface area contributed by atoms with Gasteiger partial charge < -0.3 is 14.6 Å². The van der Waals surface area contributed by atoms with E-state index in [1.165, 1.54) is 51.4 Å². The van der Waals surface area contributed by atoms with Gasteiger partial charge in [0.2, 0.25) is 0 Å². The van der Waals surface area contributed by atoms with Crippen LogP contribution in [0.2, 0.25) is 0 Å². The molecule has 0 radical (unpaired) electrons. The van der Waals surface area contributed by atoms with E-state index in [1.807, 2.05) is 0 Å². The molecule has 178 valence electrons. The second kappa shape index (κ2) is 21.1. The maximum absolute atomic E-state index is 11.8. The Balaban J connectivity index is 3.60. The summed E-state index contributed by atoms with van der Waals surface area (Å²) in [6.45, 7) is 6.31. The minimum atomic E-state index is -0.757. The molecule has 5 heteroatoms. The van der Waals surface area contributed by atoms with Crippen molar-refractivity contribution in [3.63, 3.8) is 0 Å². The van der Waals surface area contributed by atoms with Gasteiger partial charge in [-0.05, 0) is 18.8 Å². The number of aliphatic hydroxyl groups excluding tert-OH is 1. The van der Waals surface area contributed by atoms with Crippen LogP contribution in [0.15, 0.2) is 0 Å². The van der Waals surface area contributed by atoms with Crippen molar-refractivity contribution in [1.29, 1.82) is 0 Å². The van der Waals surface area contributed by atoms with Gasteiger partial charge in [-0.2, -0.15) is 0 Å². The van der Waals surface area contributed by atoms with Crippen molar-refractivity contribution in [2.45, 2.75) is 130 Å². The number of aliphatic hydroxyl groups is 1. The SMILES string of the molecule is CCCCCCCC(=O)O[C@@H](CO)COC(=O)CCCCCCCCCCC(C)C. The van der Waals surface area contributed by atoms with Gasteiger partial charge in [0.25, 0.3) is 0 Å². The second-order valence-corrected chi connectivity index (χ2v) is 8.90. The number of carbonyl (C=O) groups excluding carboxylic acids is 2. The van der Waals surface area contributed by atoms with Gasteiger partial charge in [-0.25, -0.2) is 0 Å². The van der Waals surface area contributed by atoms with Gasteiger partial charge in [-0.3, -0.25) is 9.59 Å². The molecule has 30 heavy (non-hydrogen) atoms. The molecule has 0 aromatic carbocycles. The summed E-state index contributed by atoms with van der Waals surface area (Å²) in [5.41, 5.74) is 0. The first kappa shape index (κ1) is 28.9. The second-order valence-electron chi connectivity index (χ2n) is 8.90. The highest BCUT2D eigenvalue weighted by Crippen LogP contribution is 2.13. The summed E-state index contributed by atoms with van der Waals surface area (Å²) >= 11 is 0. The van der Waals surface area contributed by atoms with Crippen molar-refractivity contribution in [2.24, 2.45) is 5.92 Å². The summed E-state index contributed by atoms with van der Waals surface area (Å²) in [6.07, 6.45) is 16.1. The molecule has 0 aliphatic carbocycles. The quantitative estimate of drug-likeness (QED) is 0.170. The Hall–Kier alpha value is -1.10. The molecule has 0 fully saturated rings. The third-order valence-corrected chi connectivity index (χ3v) is 5.33. The van der Waals surface area contributed by atoms with Gasteiger partial charge >= 0.3 is 11.9 Å². The van der Waals surface area contributed by atoms with Crippen molar-refractivity contribution < 1.29 is 24.2 Å². The summed E-state index contributed by atoms with van der Waals surface area (Å²) in [5, 5.41) is 9.34. The third kappa shape index (κ3) is 20.2. The molecule has 0 saturated heterocycles. The third-order valence-electron chi connectivity index (χ3n) is 5.33. The van der Waals surface area contributed by atoms with E-state index in [1.54, 1.807) is 0 Å². The van der Waals surface area contributed by atoms with Crippen LogP contribution in [0.3, 0.4) is 0 Å². The summed E-state index contributed by atoms with van der Waals surface area (Å²) in [4.78, 5) is 23.6. The zero-order valence-electron chi connectivity index (χ0n) is 20.0. The Morgan fingerprint density at radius 1 is 0.733 bits per heavy atom. The number of hydrogen-bond acceptors (Lipinski definition) is 5. The van der Waals surface area contributed by atoms with Gasteiger partial charge in [0.05, 0.1) is 6.61 Å². The molecular weight excluding hydrogens is 380 g/mol. The monoisotopic (exact) mass is 428 g/mol. The molecule has 0 aromatic rings. The van der Waals surface area contributed by atoms with Crippen LogP contribution in [0.1, 0.15) is 124 Å². The number of rotatable bonds is 21. The molecule has 1 N–H and O–H groups in total. The highest BCUT2D eigenvalue weighted by atomic mass is 16.6. The number of hydrogen-bond donors (Lipinski definition) is 1. The van der Waals surface area contributed by atoms with E-state index in [9.17, 15) is 14.7 Å². The van der Waals surface area contributed by atoms with E-state index >= 15 is 0 Å². The van der Waals surface area contributed by atoms with Gasteiger partial charge in [-0.1, -0.05) is 97.8 Å². The average molecular weight is 429 g/mol. The van der Waals surface area contributed by atoms with Gasteiger partial charge in [0, 0.05) is 12.8 Å². The lowest BCUT2D eigenvalue weighted by atomic mass is 10.0. The van der Waals surface area contributed by atoms with Crippen LogP contribution in [-0.2, 0) is 19.1 Å². The van der Waals surface area contributed by atoms with Gasteiger partial charge in [0.15, 0.2) is 6.10 Å². The summed E-state index contributed by atoms with van der Waals surface area (Å²) in [7, 11) is 0. The smallest absolute Gasteiger partial charge is 0.306 e. The van der Waals surface area contributed by atoms with Crippen LogP contribution in [-0.4, -0.2) is 36.4 Å². The van der Waals surface area contributed by atoms with Crippen LogP contribution in [0.4, 0.5) is 0 Å². The maximum atomic E-state index is 11.8. The lowest BCUT2D eigenvalue weighted by molar-refractivity contribution is -0.161. The molecule has 0 aliphatic rings. The number of esters is 2. The molecule has 0 spiro atoms. The number of unbranched alkanes of at least 4 members (excludes halogenated alkanes) is 11. The first-order valence-corrected chi connectivity index (χ1v) is 12.5. The standard InChI is InChI=1S/C25H48O5/c1-4-5-6-11-16-19-25(28)30-23(20-26)21-29-24(27)18-15-13-10-8-7-9-12-14-17-22(2)3/h22-23,26H,4-21H2,1-3H3/t23-/m0/s1. The summed E-state index contributed by atoms with van der Waals surface area (Å²) in [5.74, 6) is 0.202. The van der Waals surface area contributed by atoms with E-state index in [0.717, 1.165) is 44.4 Å². The first-order chi connectivity index (χ1) is 14.5. The highest BCUT2D eigenvalue weighted by molar-refractivity contribution is 5.70. The Morgan fingerprint density at radius 2 is 1.23 bits per heavy atom. The van der Waals surface area contributed by atoms with E-state index in [-0.39, 0.29) is 25.2 Å². The van der Waals surface area contributed by atoms with Crippen molar-refractivity contribution >= 4 is 11.9 Å². The minimum absolute atomic E-state index is 0.0622. The molecule has 0 unspecified atom stereocenters. The Bertz CT molecular complexity index is 408. The molecule has 0 amide bonds. The molecular formula is C25H48O5. The molecule has 0 heterocycles. The summed E-state index contributed by atoms with van der Waals surface area (Å²) in [6, 6.07) is 0. The van der Waals surface area contributed by atoms with E-state index in [0.29, 0.717) is 12.8 Å². The van der Waals surface area contributed by atoms with Crippen LogP contribution < -0.4 is 0 Å². The van der Waals surface area contributed by atoms with Crippen molar-refractivity contribution in [3.8, 4) is 0 Å². The predicted octanol–water partition coefficient (Wildman–Crippen LogP) is 6.35. The van der Waals surface area contributed by atoms with Crippen molar-refractivity contribution in [2.75, 3.05) is 13.2 Å². The molecule has 0 saturated carbocycles.